The Kier molecular flexibility index (Phi) is 16.4. The molecular formula is C15H25NaO4S. The molecule has 4 nitrogen and oxygen atoms in total. The van der Waals surface area contributed by atoms with Crippen LogP contribution in [0.5, 0.6) is 5.75 Å². The minimum absolute atomic E-state index is 0. The number of hydrogen-bond acceptors (Lipinski definition) is 3. The Labute approximate surface area is 151 Å². The molecule has 1 rings (SSSR count). The third-order valence-electron chi connectivity index (χ3n) is 2.55. The maximum atomic E-state index is 10.1. The Morgan fingerprint density at radius 1 is 1.05 bits per heavy atom. The van der Waals surface area contributed by atoms with Gasteiger partial charge < -0.3 is 11.1 Å². The van der Waals surface area contributed by atoms with Crippen LogP contribution in [0.25, 0.3) is 0 Å². The molecule has 21 heavy (non-hydrogen) atoms. The van der Waals surface area contributed by atoms with Crippen LogP contribution >= 0.6 is 0 Å². The molecule has 0 aromatic heterocycles. The van der Waals surface area contributed by atoms with Gasteiger partial charge in [0.05, 0.1) is 0 Å². The minimum Gasteiger partial charge on any atom is -0.362 e. The molecule has 0 aliphatic carbocycles. The fourth-order valence-electron chi connectivity index (χ4n) is 1.55. The number of para-hydroxylation sites is 1. The molecule has 0 amide bonds. The topological polar surface area (TPSA) is 63.6 Å². The molecule has 0 radical (unpaired) electrons. The molecule has 0 heterocycles. The third-order valence-corrected chi connectivity index (χ3v) is 2.95. The van der Waals surface area contributed by atoms with Gasteiger partial charge in [-0.2, -0.15) is 14.8 Å². The summed E-state index contributed by atoms with van der Waals surface area (Å²) in [7, 11) is -4.38. The molecule has 0 aliphatic rings. The van der Waals surface area contributed by atoms with E-state index in [9.17, 15) is 8.42 Å². The van der Waals surface area contributed by atoms with Crippen molar-refractivity contribution in [2.45, 2.75) is 51.9 Å². The second-order valence-corrected chi connectivity index (χ2v) is 5.47. The molecule has 1 aromatic carbocycles. The Morgan fingerprint density at radius 3 is 2.05 bits per heavy atom. The monoisotopic (exact) mass is 324 g/mol. The van der Waals surface area contributed by atoms with Crippen molar-refractivity contribution >= 4 is 10.4 Å². The molecule has 6 heteroatoms. The van der Waals surface area contributed by atoms with E-state index in [1.54, 1.807) is 18.2 Å². The van der Waals surface area contributed by atoms with Gasteiger partial charge in [0.2, 0.25) is 0 Å². The standard InChI is InChI=1S/C9H19.C6H6O4S.Na/c1-3-5-7-9-8-6-4-2;7-11(8,9)10-6-4-2-1-3-5-6;/h1,3-9H2,2H3;1-5H,(H,7,8,9);/q-1;;+1. The number of unbranched alkanes of at least 4 members (excludes halogenated alkanes) is 6. The van der Waals surface area contributed by atoms with E-state index < -0.39 is 10.4 Å². The molecule has 0 bridgehead atoms. The molecular weight excluding hydrogens is 299 g/mol. The third kappa shape index (κ3) is 17.9. The van der Waals surface area contributed by atoms with Crippen molar-refractivity contribution in [2.24, 2.45) is 0 Å². The van der Waals surface area contributed by atoms with Crippen LogP contribution in [0.4, 0.5) is 0 Å². The van der Waals surface area contributed by atoms with Gasteiger partial charge >= 0.3 is 40.0 Å². The summed E-state index contributed by atoms with van der Waals surface area (Å²) in [6, 6.07) is 7.75. The van der Waals surface area contributed by atoms with Gasteiger partial charge in [-0.25, -0.2) is 0 Å². The van der Waals surface area contributed by atoms with Gasteiger partial charge in [0.15, 0.2) is 0 Å². The second kappa shape index (κ2) is 14.9. The molecule has 1 N–H and O–H groups in total. The van der Waals surface area contributed by atoms with E-state index in [0.29, 0.717) is 0 Å². The van der Waals surface area contributed by atoms with Crippen LogP contribution in [0.2, 0.25) is 0 Å². The van der Waals surface area contributed by atoms with E-state index >= 15 is 0 Å². The maximum absolute atomic E-state index is 10.1. The fraction of sp³-hybridized carbons (Fsp3) is 0.533. The quantitative estimate of drug-likeness (QED) is 0.340. The van der Waals surface area contributed by atoms with Crippen LogP contribution < -0.4 is 33.7 Å². The summed E-state index contributed by atoms with van der Waals surface area (Å²) in [5.74, 6) is 0.0926. The smallest absolute Gasteiger partial charge is 0.362 e. The molecule has 0 unspecified atom stereocenters. The van der Waals surface area contributed by atoms with E-state index in [2.05, 4.69) is 18.0 Å². The summed E-state index contributed by atoms with van der Waals surface area (Å²) in [6.45, 7) is 6.05. The van der Waals surface area contributed by atoms with Crippen molar-refractivity contribution in [1.82, 2.24) is 0 Å². The zero-order chi connectivity index (χ0) is 15.3. The average Bonchev–Trinajstić information content (AvgIpc) is 2.39. The summed E-state index contributed by atoms with van der Waals surface area (Å²) >= 11 is 0. The van der Waals surface area contributed by atoms with E-state index in [1.165, 1.54) is 50.7 Å². The van der Waals surface area contributed by atoms with E-state index in [4.69, 9.17) is 4.55 Å². The number of rotatable bonds is 8. The van der Waals surface area contributed by atoms with Crippen LogP contribution in [0.1, 0.15) is 51.9 Å². The first-order valence-electron chi connectivity index (χ1n) is 7.00. The van der Waals surface area contributed by atoms with Gasteiger partial charge in [-0.1, -0.05) is 63.6 Å². The summed E-state index contributed by atoms with van der Waals surface area (Å²) in [5.41, 5.74) is 0. The first-order valence-corrected chi connectivity index (χ1v) is 8.37. The average molecular weight is 324 g/mol. The normalized spacial score (nSPS) is 10.0. The zero-order valence-corrected chi connectivity index (χ0v) is 15.9. The molecule has 0 fully saturated rings. The largest absolute Gasteiger partial charge is 1.00 e. The van der Waals surface area contributed by atoms with Crippen molar-refractivity contribution in [3.63, 3.8) is 0 Å². The van der Waals surface area contributed by atoms with E-state index in [-0.39, 0.29) is 35.3 Å². The molecule has 0 saturated carbocycles. The fourth-order valence-corrected chi connectivity index (χ4v) is 1.91. The second-order valence-electron chi connectivity index (χ2n) is 4.45. The molecule has 0 atom stereocenters. The SMILES string of the molecule is O=S(=O)(O)Oc1ccccc1.[CH2-]CCCCCCCC.[Na+]. The Bertz CT molecular complexity index is 415. The first-order chi connectivity index (χ1) is 9.49. The predicted octanol–water partition coefficient (Wildman–Crippen LogP) is 1.44. The molecule has 0 saturated heterocycles. The number of hydrogen-bond donors (Lipinski definition) is 1. The summed E-state index contributed by atoms with van der Waals surface area (Å²) in [5, 5.41) is 0. The first kappa shape index (κ1) is 23.2. The van der Waals surface area contributed by atoms with Crippen molar-refractivity contribution in [2.75, 3.05) is 0 Å². The van der Waals surface area contributed by atoms with Crippen molar-refractivity contribution in [1.29, 1.82) is 0 Å². The molecule has 0 spiro atoms. The Balaban J connectivity index is 0. The van der Waals surface area contributed by atoms with E-state index in [1.807, 2.05) is 0 Å². The van der Waals surface area contributed by atoms with Gasteiger partial charge in [-0.3, -0.25) is 4.55 Å². The van der Waals surface area contributed by atoms with Crippen LogP contribution in [0.3, 0.4) is 0 Å². The van der Waals surface area contributed by atoms with Crippen molar-refractivity contribution in [3.8, 4) is 5.75 Å². The van der Waals surface area contributed by atoms with Gasteiger partial charge in [0.25, 0.3) is 0 Å². The van der Waals surface area contributed by atoms with Gasteiger partial charge in [0.1, 0.15) is 5.75 Å². The van der Waals surface area contributed by atoms with Crippen LogP contribution in [0.15, 0.2) is 30.3 Å². The molecule has 1 aromatic rings. The Morgan fingerprint density at radius 2 is 1.57 bits per heavy atom. The van der Waals surface area contributed by atoms with Crippen molar-refractivity contribution in [3.05, 3.63) is 37.3 Å². The van der Waals surface area contributed by atoms with Crippen LogP contribution in [-0.4, -0.2) is 13.0 Å². The summed E-state index contributed by atoms with van der Waals surface area (Å²) in [6.07, 6.45) is 9.45. The minimum atomic E-state index is -4.38. The van der Waals surface area contributed by atoms with Gasteiger partial charge in [-0.15, -0.1) is 0 Å². The van der Waals surface area contributed by atoms with Crippen LogP contribution in [0, 0.1) is 6.92 Å². The summed E-state index contributed by atoms with van der Waals surface area (Å²) < 4.78 is 32.6. The van der Waals surface area contributed by atoms with Gasteiger partial charge in [0, 0.05) is 0 Å². The Hall–Kier alpha value is -0.0700. The summed E-state index contributed by atoms with van der Waals surface area (Å²) in [4.78, 5) is 0. The number of benzene rings is 1. The van der Waals surface area contributed by atoms with Crippen LogP contribution in [-0.2, 0) is 10.4 Å². The van der Waals surface area contributed by atoms with Gasteiger partial charge in [-0.05, 0) is 12.1 Å². The molecule has 0 aliphatic heterocycles. The zero-order valence-electron chi connectivity index (χ0n) is 13.1. The predicted molar refractivity (Wildman–Crippen MR) is 82.0 cm³/mol. The maximum Gasteiger partial charge on any atom is 1.00 e. The molecule has 116 valence electrons. The van der Waals surface area contributed by atoms with Crippen molar-refractivity contribution < 1.29 is 46.7 Å². The van der Waals surface area contributed by atoms with E-state index in [0.717, 1.165) is 6.42 Å².